The van der Waals surface area contributed by atoms with Crippen molar-refractivity contribution in [3.63, 3.8) is 0 Å². The number of guanidine groups is 1. The highest BCUT2D eigenvalue weighted by Crippen LogP contribution is 2.31. The van der Waals surface area contributed by atoms with Crippen LogP contribution in [0.1, 0.15) is 12.5 Å². The highest BCUT2D eigenvalue weighted by atomic mass is 35.5. The van der Waals surface area contributed by atoms with Crippen LogP contribution in [0.2, 0.25) is 0 Å². The van der Waals surface area contributed by atoms with Gasteiger partial charge in [-0.2, -0.15) is 0 Å². The first-order chi connectivity index (χ1) is 13.0. The number of carboxylic acid groups (broad SMARTS) is 1. The summed E-state index contributed by atoms with van der Waals surface area (Å²) in [6.07, 6.45) is 1.19. The van der Waals surface area contributed by atoms with Crippen LogP contribution in [0, 0.1) is 17.0 Å². The summed E-state index contributed by atoms with van der Waals surface area (Å²) in [5.74, 6) is -3.54. The SMILES string of the molecule is CC(=Cc1cc(F)c(Oc2cccc(N(C)C)c2)c(F)c1)C(=O)O.Cl.N=C(N)N. The lowest BCUT2D eigenvalue weighted by Gasteiger charge is -2.14. The van der Waals surface area contributed by atoms with Gasteiger partial charge in [-0.25, -0.2) is 13.6 Å². The molecule has 2 aromatic rings. The Bertz CT molecular complexity index is 878. The Labute approximate surface area is 173 Å². The zero-order valence-electron chi connectivity index (χ0n) is 16.1. The Morgan fingerprint density at radius 2 is 1.69 bits per heavy atom. The molecule has 0 radical (unpaired) electrons. The number of hydrogen-bond acceptors (Lipinski definition) is 4. The molecule has 0 saturated carbocycles. The monoisotopic (exact) mass is 428 g/mol. The Hall–Kier alpha value is -3.33. The number of nitrogens with two attached hydrogens (primary N) is 2. The smallest absolute Gasteiger partial charge is 0.331 e. The molecule has 0 amide bonds. The predicted molar refractivity (Wildman–Crippen MR) is 112 cm³/mol. The van der Waals surface area contributed by atoms with Crippen molar-refractivity contribution in [2.24, 2.45) is 11.5 Å². The first kappa shape index (κ1) is 25.7. The van der Waals surface area contributed by atoms with E-state index in [4.69, 9.17) is 15.3 Å². The molecule has 0 saturated heterocycles. The highest BCUT2D eigenvalue weighted by molar-refractivity contribution is 5.91. The summed E-state index contributed by atoms with van der Waals surface area (Å²) < 4.78 is 33.6. The van der Waals surface area contributed by atoms with E-state index in [2.05, 4.69) is 11.5 Å². The van der Waals surface area contributed by atoms with Crippen LogP contribution in [-0.4, -0.2) is 31.1 Å². The van der Waals surface area contributed by atoms with Crippen LogP contribution in [0.15, 0.2) is 42.0 Å². The third kappa shape index (κ3) is 8.48. The number of aliphatic carboxylic acids is 1. The molecule has 10 heteroatoms. The molecule has 0 heterocycles. The maximum Gasteiger partial charge on any atom is 0.331 e. The molecule has 0 bridgehead atoms. The molecule has 0 atom stereocenters. The molecule has 2 aromatic carbocycles. The van der Waals surface area contributed by atoms with E-state index in [0.717, 1.165) is 17.8 Å². The molecule has 0 aromatic heterocycles. The molecule has 6 N–H and O–H groups in total. The van der Waals surface area contributed by atoms with Gasteiger partial charge in [0.25, 0.3) is 0 Å². The number of nitrogens with one attached hydrogen (secondary N) is 1. The van der Waals surface area contributed by atoms with Crippen molar-refractivity contribution < 1.29 is 23.4 Å². The van der Waals surface area contributed by atoms with Gasteiger partial charge in [0.2, 0.25) is 0 Å². The number of benzene rings is 2. The summed E-state index contributed by atoms with van der Waals surface area (Å²) in [6, 6.07) is 8.85. The molecule has 0 fully saturated rings. The fourth-order valence-electron chi connectivity index (χ4n) is 2.02. The normalized spacial score (nSPS) is 10.2. The number of hydrogen-bond donors (Lipinski definition) is 4. The summed E-state index contributed by atoms with van der Waals surface area (Å²) >= 11 is 0. The molecule has 0 unspecified atom stereocenters. The van der Waals surface area contributed by atoms with E-state index in [9.17, 15) is 13.6 Å². The molecule has 0 aliphatic carbocycles. The third-order valence-corrected chi connectivity index (χ3v) is 3.30. The Morgan fingerprint density at radius 3 is 2.14 bits per heavy atom. The summed E-state index contributed by atoms with van der Waals surface area (Å²) in [5.41, 5.74) is 9.85. The summed E-state index contributed by atoms with van der Waals surface area (Å²) in [4.78, 5) is 12.6. The Kier molecular flexibility index (Phi) is 10.2. The molecular weight excluding hydrogens is 406 g/mol. The zero-order valence-corrected chi connectivity index (χ0v) is 16.9. The van der Waals surface area contributed by atoms with Crippen LogP contribution in [-0.2, 0) is 4.79 Å². The number of ether oxygens (including phenoxy) is 1. The number of halogens is 3. The van der Waals surface area contributed by atoms with Crippen LogP contribution in [0.4, 0.5) is 14.5 Å². The lowest BCUT2D eigenvalue weighted by Crippen LogP contribution is -2.20. The van der Waals surface area contributed by atoms with Gasteiger partial charge in [-0.05, 0) is 42.8 Å². The maximum atomic E-state index is 14.2. The number of carbonyl (C=O) groups is 1. The van der Waals surface area contributed by atoms with Crippen LogP contribution < -0.4 is 21.1 Å². The highest BCUT2D eigenvalue weighted by Gasteiger charge is 2.14. The van der Waals surface area contributed by atoms with Crippen LogP contribution in [0.3, 0.4) is 0 Å². The molecule has 29 heavy (non-hydrogen) atoms. The van der Waals surface area contributed by atoms with Gasteiger partial charge in [-0.1, -0.05) is 6.07 Å². The van der Waals surface area contributed by atoms with Gasteiger partial charge < -0.3 is 26.2 Å². The maximum absolute atomic E-state index is 14.2. The van der Waals surface area contributed by atoms with Gasteiger partial charge >= 0.3 is 5.97 Å². The fraction of sp³-hybridized carbons (Fsp3) is 0.158. The molecule has 0 spiro atoms. The second kappa shape index (κ2) is 11.5. The molecule has 2 rings (SSSR count). The number of rotatable bonds is 5. The Morgan fingerprint density at radius 1 is 1.17 bits per heavy atom. The van der Waals surface area contributed by atoms with Crippen LogP contribution >= 0.6 is 12.4 Å². The van der Waals surface area contributed by atoms with Crippen molar-refractivity contribution >= 4 is 36.1 Å². The van der Waals surface area contributed by atoms with Crippen LogP contribution in [0.25, 0.3) is 6.08 Å². The molecule has 7 nitrogen and oxygen atoms in total. The van der Waals surface area contributed by atoms with Crippen molar-refractivity contribution in [1.29, 1.82) is 5.41 Å². The van der Waals surface area contributed by atoms with Crippen molar-refractivity contribution in [1.82, 2.24) is 0 Å². The van der Waals surface area contributed by atoms with E-state index in [1.807, 2.05) is 25.1 Å². The van der Waals surface area contributed by atoms with Gasteiger partial charge in [0.15, 0.2) is 23.3 Å². The first-order valence-electron chi connectivity index (χ1n) is 7.96. The number of nitrogens with zero attached hydrogens (tertiary/aromatic N) is 1. The van der Waals surface area contributed by atoms with Crippen molar-refractivity contribution in [2.75, 3.05) is 19.0 Å². The quantitative estimate of drug-likeness (QED) is 0.327. The van der Waals surface area contributed by atoms with Crippen molar-refractivity contribution in [3.05, 3.63) is 59.2 Å². The summed E-state index contributed by atoms with van der Waals surface area (Å²) in [7, 11) is 3.68. The molecular formula is C19H23ClF2N4O3. The molecule has 158 valence electrons. The average Bonchev–Trinajstić information content (AvgIpc) is 2.57. The third-order valence-electron chi connectivity index (χ3n) is 3.30. The predicted octanol–water partition coefficient (Wildman–Crippen LogP) is 3.57. The number of anilines is 1. The zero-order chi connectivity index (χ0) is 21.4. The van der Waals surface area contributed by atoms with Gasteiger partial charge in [0.1, 0.15) is 5.75 Å². The second-order valence-electron chi connectivity index (χ2n) is 5.90. The van der Waals surface area contributed by atoms with E-state index < -0.39 is 23.4 Å². The largest absolute Gasteiger partial charge is 0.478 e. The van der Waals surface area contributed by atoms with Gasteiger partial charge in [0.05, 0.1) is 0 Å². The van der Waals surface area contributed by atoms with E-state index in [1.54, 1.807) is 18.2 Å². The molecule has 0 aliphatic rings. The Balaban J connectivity index is 0.00000143. The van der Waals surface area contributed by atoms with E-state index in [-0.39, 0.29) is 29.5 Å². The van der Waals surface area contributed by atoms with E-state index in [0.29, 0.717) is 5.75 Å². The molecule has 0 aliphatic heterocycles. The van der Waals surface area contributed by atoms with Crippen molar-refractivity contribution in [3.8, 4) is 11.5 Å². The average molecular weight is 429 g/mol. The van der Waals surface area contributed by atoms with Gasteiger partial charge in [0, 0.05) is 31.4 Å². The summed E-state index contributed by atoms with van der Waals surface area (Å²) in [5, 5.41) is 14.9. The first-order valence-corrected chi connectivity index (χ1v) is 7.96. The number of carboxylic acids is 1. The minimum Gasteiger partial charge on any atom is -0.478 e. The van der Waals surface area contributed by atoms with Crippen LogP contribution in [0.5, 0.6) is 11.5 Å². The van der Waals surface area contributed by atoms with E-state index in [1.165, 1.54) is 13.0 Å². The minimum atomic E-state index is -1.16. The van der Waals surface area contributed by atoms with Crippen molar-refractivity contribution in [2.45, 2.75) is 6.92 Å². The second-order valence-corrected chi connectivity index (χ2v) is 5.90. The summed E-state index contributed by atoms with van der Waals surface area (Å²) in [6.45, 7) is 1.34. The van der Waals surface area contributed by atoms with E-state index >= 15 is 0 Å². The fourth-order valence-corrected chi connectivity index (χ4v) is 2.02. The van der Waals surface area contributed by atoms with Gasteiger partial charge in [-0.3, -0.25) is 5.41 Å². The topological polar surface area (TPSA) is 126 Å². The van der Waals surface area contributed by atoms with Gasteiger partial charge in [-0.15, -0.1) is 12.4 Å². The standard InChI is InChI=1S/C18H17F2NO3.CH5N3.ClH/c1-11(18(22)23)7-12-8-15(19)17(16(20)9-12)24-14-6-4-5-13(10-14)21(2)3;2-1(3)4;/h4-10H,1-3H3,(H,22,23);(H5,2,3,4);1H. The minimum absolute atomic E-state index is 0. The lowest BCUT2D eigenvalue weighted by atomic mass is 10.1. The lowest BCUT2D eigenvalue weighted by molar-refractivity contribution is -0.132.